The van der Waals surface area contributed by atoms with E-state index in [1.165, 1.54) is 16.7 Å². The summed E-state index contributed by atoms with van der Waals surface area (Å²) < 4.78 is 13.1. The fourth-order valence-electron chi connectivity index (χ4n) is 2.74. The van der Waals surface area contributed by atoms with Crippen LogP contribution in [0.4, 0.5) is 0 Å². The molecule has 0 aliphatic carbocycles. The van der Waals surface area contributed by atoms with Crippen molar-refractivity contribution < 1.29 is 31.0 Å². The summed E-state index contributed by atoms with van der Waals surface area (Å²) in [5.74, 6) is 1.59. The predicted molar refractivity (Wildman–Crippen MR) is 83.7 cm³/mol. The van der Waals surface area contributed by atoms with Crippen molar-refractivity contribution in [1.82, 2.24) is 0 Å². The van der Waals surface area contributed by atoms with Crippen molar-refractivity contribution in [3.63, 3.8) is 0 Å². The first-order valence-electron chi connectivity index (χ1n) is 7.18. The molecule has 0 N–H and O–H groups in total. The highest BCUT2D eigenvalue weighted by Crippen LogP contribution is 2.31. The third-order valence-electron chi connectivity index (χ3n) is 3.86. The average Bonchev–Trinajstić information content (AvgIpc) is 2.54. The van der Waals surface area contributed by atoms with Gasteiger partial charge in [-0.15, -0.1) is 0 Å². The van der Waals surface area contributed by atoms with Crippen LogP contribution in [0.25, 0.3) is 0 Å². The lowest BCUT2D eigenvalue weighted by atomic mass is 10.0. The third-order valence-corrected chi connectivity index (χ3v) is 3.86. The van der Waals surface area contributed by atoms with Gasteiger partial charge in [-0.3, -0.25) is 0 Å². The van der Waals surface area contributed by atoms with E-state index < -0.39 is 0 Å². The molecule has 0 fully saturated rings. The van der Waals surface area contributed by atoms with E-state index in [9.17, 15) is 0 Å². The molecule has 3 rings (SSSR count). The van der Waals surface area contributed by atoms with Gasteiger partial charge in [0.05, 0.1) is 14.2 Å². The second kappa shape index (κ2) is 7.45. The fraction of sp³-hybridized carbons (Fsp3) is 0.278. The van der Waals surface area contributed by atoms with E-state index in [4.69, 9.17) is 9.47 Å². The minimum Gasteiger partial charge on any atom is -1.00 e. The van der Waals surface area contributed by atoms with Gasteiger partial charge >= 0.3 is 0 Å². The van der Waals surface area contributed by atoms with E-state index >= 15 is 0 Å². The van der Waals surface area contributed by atoms with Crippen LogP contribution in [-0.2, 0) is 13.0 Å². The zero-order valence-corrected chi connectivity index (χ0v) is 14.5. The van der Waals surface area contributed by atoms with E-state index in [0.29, 0.717) is 0 Å². The Hall–Kier alpha value is -1.81. The smallest absolute Gasteiger partial charge is 0.171 e. The van der Waals surface area contributed by atoms with Crippen LogP contribution in [0.1, 0.15) is 16.7 Å². The second-order valence-electron chi connectivity index (χ2n) is 5.24. The van der Waals surface area contributed by atoms with Crippen molar-refractivity contribution in [1.29, 1.82) is 0 Å². The summed E-state index contributed by atoms with van der Waals surface area (Å²) in [5, 5.41) is 0. The molecule has 0 aromatic heterocycles. The van der Waals surface area contributed by atoms with E-state index in [1.54, 1.807) is 14.2 Å². The molecule has 0 spiro atoms. The number of methoxy groups -OCH3 is 2. The topological polar surface area (TPSA) is 21.5 Å². The van der Waals surface area contributed by atoms with E-state index in [0.717, 1.165) is 31.0 Å². The normalized spacial score (nSPS) is 12.7. The first-order chi connectivity index (χ1) is 10.3. The lowest BCUT2D eigenvalue weighted by molar-refractivity contribution is -0.540. The lowest BCUT2D eigenvalue weighted by Gasteiger charge is -2.16. The minimum atomic E-state index is 0. The molecule has 3 nitrogen and oxygen atoms in total. The molecular weight excluding hydrogens is 342 g/mol. The number of rotatable bonds is 4. The van der Waals surface area contributed by atoms with Crippen molar-refractivity contribution in [2.75, 3.05) is 20.8 Å². The molecule has 0 amide bonds. The molecule has 2 aromatic carbocycles. The monoisotopic (exact) mass is 361 g/mol. The largest absolute Gasteiger partial charge is 1.00 e. The molecule has 0 atom stereocenters. The van der Waals surface area contributed by atoms with Crippen LogP contribution < -0.4 is 26.5 Å². The zero-order valence-electron chi connectivity index (χ0n) is 12.9. The first-order valence-corrected chi connectivity index (χ1v) is 7.18. The molecule has 4 heteroatoms. The zero-order chi connectivity index (χ0) is 14.7. The van der Waals surface area contributed by atoms with Crippen molar-refractivity contribution >= 4 is 6.21 Å². The van der Waals surface area contributed by atoms with Gasteiger partial charge in [0.2, 0.25) is 0 Å². The van der Waals surface area contributed by atoms with Gasteiger partial charge in [-0.1, -0.05) is 30.3 Å². The van der Waals surface area contributed by atoms with Crippen LogP contribution >= 0.6 is 0 Å². The third kappa shape index (κ3) is 3.50. The Bertz CT molecular complexity index is 668. The number of nitrogens with zero attached hydrogens (tertiary/aromatic N) is 1. The summed E-state index contributed by atoms with van der Waals surface area (Å²) in [4.78, 5) is 0. The molecule has 0 saturated carbocycles. The van der Waals surface area contributed by atoms with Crippen molar-refractivity contribution in [2.24, 2.45) is 0 Å². The average molecular weight is 362 g/mol. The van der Waals surface area contributed by atoms with Gasteiger partial charge < -0.3 is 26.5 Å². The van der Waals surface area contributed by atoms with Gasteiger partial charge in [-0.05, 0) is 17.7 Å². The highest BCUT2D eigenvalue weighted by atomic mass is 79.9. The molecule has 22 heavy (non-hydrogen) atoms. The molecule has 1 aliphatic rings. The van der Waals surface area contributed by atoms with Crippen molar-refractivity contribution in [3.8, 4) is 11.5 Å². The summed E-state index contributed by atoms with van der Waals surface area (Å²) in [5.41, 5.74) is 3.87. The molecule has 0 radical (unpaired) electrons. The quantitative estimate of drug-likeness (QED) is 0.709. The fourth-order valence-corrected chi connectivity index (χ4v) is 2.74. The van der Waals surface area contributed by atoms with E-state index in [-0.39, 0.29) is 17.0 Å². The molecule has 0 bridgehead atoms. The van der Waals surface area contributed by atoms with Crippen molar-refractivity contribution in [2.45, 2.75) is 13.0 Å². The van der Waals surface area contributed by atoms with Crippen LogP contribution in [0.3, 0.4) is 0 Å². The molecule has 2 aromatic rings. The van der Waals surface area contributed by atoms with E-state index in [1.807, 2.05) is 0 Å². The molecular formula is C18H20BrNO2. The molecule has 116 valence electrons. The maximum absolute atomic E-state index is 5.39. The summed E-state index contributed by atoms with van der Waals surface area (Å²) in [6.45, 7) is 1.96. The Morgan fingerprint density at radius 2 is 1.68 bits per heavy atom. The highest BCUT2D eigenvalue weighted by molar-refractivity contribution is 5.80. The minimum absolute atomic E-state index is 0. The summed E-state index contributed by atoms with van der Waals surface area (Å²) in [6, 6.07) is 14.7. The molecule has 0 unspecified atom stereocenters. The van der Waals surface area contributed by atoms with Gasteiger partial charge in [-0.25, -0.2) is 4.58 Å². The number of hydrogen-bond donors (Lipinski definition) is 0. The SMILES string of the molecule is COc1cc2c(cc1OC)CC[N+](Cc1ccccc1)=C2.[Br-]. The standard InChI is InChI=1S/C18H20NO2.BrH/c1-20-17-10-15-8-9-19(12-14-6-4-3-5-7-14)13-16(15)11-18(17)21-2;/h3-7,10-11,13H,8-9,12H2,1-2H3;1H/q+1;/p-1. The van der Waals surface area contributed by atoms with E-state index in [2.05, 4.69) is 53.3 Å². The van der Waals surface area contributed by atoms with Gasteiger partial charge in [-0.2, -0.15) is 0 Å². The lowest BCUT2D eigenvalue weighted by Crippen LogP contribution is -3.00. The Balaban J connectivity index is 0.00000176. The number of ether oxygens (including phenoxy) is 2. The molecule has 1 heterocycles. The van der Waals surface area contributed by atoms with Crippen LogP contribution in [0.5, 0.6) is 11.5 Å². The summed E-state index contributed by atoms with van der Waals surface area (Å²) in [6.07, 6.45) is 3.24. The van der Waals surface area contributed by atoms with Crippen LogP contribution in [0.2, 0.25) is 0 Å². The van der Waals surface area contributed by atoms with Gasteiger partial charge in [0, 0.05) is 17.5 Å². The van der Waals surface area contributed by atoms with Gasteiger partial charge in [0.15, 0.2) is 24.3 Å². The van der Waals surface area contributed by atoms with Gasteiger partial charge in [0.25, 0.3) is 0 Å². The maximum atomic E-state index is 5.39. The molecule has 1 aliphatic heterocycles. The van der Waals surface area contributed by atoms with Gasteiger partial charge in [0.1, 0.15) is 6.54 Å². The number of hydrogen-bond acceptors (Lipinski definition) is 2. The van der Waals surface area contributed by atoms with Crippen LogP contribution in [0, 0.1) is 0 Å². The highest BCUT2D eigenvalue weighted by Gasteiger charge is 2.19. The number of benzene rings is 2. The Kier molecular flexibility index (Phi) is 5.61. The first kappa shape index (κ1) is 16.6. The maximum Gasteiger partial charge on any atom is 0.171 e. The summed E-state index contributed by atoms with van der Waals surface area (Å²) in [7, 11) is 3.35. The van der Waals surface area contributed by atoms with Crippen molar-refractivity contribution in [3.05, 3.63) is 59.2 Å². The number of halogens is 1. The van der Waals surface area contributed by atoms with Crippen LogP contribution in [-0.4, -0.2) is 31.6 Å². The molecule has 0 saturated heterocycles. The Morgan fingerprint density at radius 1 is 1.00 bits per heavy atom. The summed E-state index contributed by atoms with van der Waals surface area (Å²) >= 11 is 0. The predicted octanol–water partition coefficient (Wildman–Crippen LogP) is -0.104. The Morgan fingerprint density at radius 3 is 2.36 bits per heavy atom. The Labute approximate surface area is 142 Å². The number of fused-ring (bicyclic) bond motifs is 1. The second-order valence-corrected chi connectivity index (χ2v) is 5.24. The van der Waals surface area contributed by atoms with Crippen LogP contribution in [0.15, 0.2) is 42.5 Å².